The van der Waals surface area contributed by atoms with Crippen molar-refractivity contribution in [2.24, 2.45) is 0 Å². The first-order chi connectivity index (χ1) is 13.2. The number of H-pyrrole nitrogens is 1. The number of carbonyl (C=O) groups is 1. The number of benzene rings is 1. The van der Waals surface area contributed by atoms with E-state index in [0.717, 1.165) is 18.8 Å². The Hall–Kier alpha value is -2.80. The van der Waals surface area contributed by atoms with Gasteiger partial charge >= 0.3 is 5.91 Å². The Balaban J connectivity index is 1.79. The fourth-order valence-corrected chi connectivity index (χ4v) is 2.94. The van der Waals surface area contributed by atoms with Crippen LogP contribution >= 0.6 is 0 Å². The Labute approximate surface area is 159 Å². The molecule has 0 aliphatic carbocycles. The maximum absolute atomic E-state index is 12.8. The van der Waals surface area contributed by atoms with Gasteiger partial charge in [-0.1, -0.05) is 0 Å². The highest BCUT2D eigenvalue weighted by molar-refractivity contribution is 6.03. The molecule has 2 heterocycles. The lowest BCUT2D eigenvalue weighted by Gasteiger charge is -2.28. The summed E-state index contributed by atoms with van der Waals surface area (Å²) in [5, 5.41) is 2.92. The number of carbonyl (C=O) groups excluding carboxylic acids is 1. The summed E-state index contributed by atoms with van der Waals surface area (Å²) in [6.07, 6.45) is 1.78. The van der Waals surface area contributed by atoms with Crippen molar-refractivity contribution in [3.05, 3.63) is 42.2 Å². The Bertz CT molecular complexity index is 776. The molecule has 0 atom stereocenters. The topological polar surface area (TPSA) is 74.2 Å². The van der Waals surface area contributed by atoms with Crippen LogP contribution in [0.1, 0.15) is 24.3 Å². The van der Waals surface area contributed by atoms with Crippen LogP contribution in [-0.4, -0.2) is 45.4 Å². The van der Waals surface area contributed by atoms with Crippen molar-refractivity contribution in [2.75, 3.05) is 49.7 Å². The van der Waals surface area contributed by atoms with E-state index in [4.69, 9.17) is 14.2 Å². The molecule has 1 aromatic carbocycles. The van der Waals surface area contributed by atoms with E-state index >= 15 is 0 Å². The average molecular weight is 372 g/mol. The molecule has 2 N–H and O–H groups in total. The quantitative estimate of drug-likeness (QED) is 0.808. The van der Waals surface area contributed by atoms with Crippen molar-refractivity contribution in [1.29, 1.82) is 0 Å². The summed E-state index contributed by atoms with van der Waals surface area (Å²) < 4.78 is 16.5. The van der Waals surface area contributed by atoms with Gasteiger partial charge in [0.25, 0.3) is 5.69 Å². The molecule has 27 heavy (non-hydrogen) atoms. The standard InChI is InChI=1S/C20H25N3O4/c1-3-26-16-5-6-19(27-4-2)17(14-16)22-20(24)18-13-15(7-8-21-18)23-9-11-25-12-10-23/h5-8,13-14H,3-4,9-12H2,1-2H3,(H,22,24)/p+1. The highest BCUT2D eigenvalue weighted by Gasteiger charge is 2.19. The van der Waals surface area contributed by atoms with Crippen LogP contribution in [0.3, 0.4) is 0 Å². The summed E-state index contributed by atoms with van der Waals surface area (Å²) in [6.45, 7) is 7.91. The van der Waals surface area contributed by atoms with Crippen LogP contribution in [0.25, 0.3) is 0 Å². The summed E-state index contributed by atoms with van der Waals surface area (Å²) in [7, 11) is 0. The number of ether oxygens (including phenoxy) is 3. The fourth-order valence-electron chi connectivity index (χ4n) is 2.94. The molecule has 2 aromatic rings. The van der Waals surface area contributed by atoms with Gasteiger partial charge in [0.05, 0.1) is 32.1 Å². The van der Waals surface area contributed by atoms with Crippen molar-refractivity contribution >= 4 is 17.3 Å². The van der Waals surface area contributed by atoms with E-state index in [-0.39, 0.29) is 5.91 Å². The molecule has 144 valence electrons. The van der Waals surface area contributed by atoms with Crippen LogP contribution in [0.15, 0.2) is 36.5 Å². The van der Waals surface area contributed by atoms with Crippen molar-refractivity contribution in [3.8, 4) is 11.5 Å². The second-order valence-electron chi connectivity index (χ2n) is 6.04. The van der Waals surface area contributed by atoms with E-state index in [9.17, 15) is 4.79 Å². The van der Waals surface area contributed by atoms with Gasteiger partial charge in [0.2, 0.25) is 0 Å². The summed E-state index contributed by atoms with van der Waals surface area (Å²) >= 11 is 0. The molecule has 1 aliphatic rings. The second kappa shape index (κ2) is 9.23. The number of nitrogens with zero attached hydrogens (tertiary/aromatic N) is 1. The number of aromatic nitrogens is 1. The third-order valence-electron chi connectivity index (χ3n) is 4.22. The highest BCUT2D eigenvalue weighted by atomic mass is 16.5. The lowest BCUT2D eigenvalue weighted by Crippen LogP contribution is -2.36. The zero-order chi connectivity index (χ0) is 19.1. The van der Waals surface area contributed by atoms with Gasteiger partial charge < -0.3 is 24.4 Å². The first kappa shape index (κ1) is 19.0. The van der Waals surface area contributed by atoms with Gasteiger partial charge in [-0.15, -0.1) is 0 Å². The van der Waals surface area contributed by atoms with Gasteiger partial charge in [0.1, 0.15) is 11.5 Å². The van der Waals surface area contributed by atoms with E-state index in [1.807, 2.05) is 32.0 Å². The van der Waals surface area contributed by atoms with Crippen LogP contribution in [0, 0.1) is 0 Å². The minimum absolute atomic E-state index is 0.236. The molecule has 7 heteroatoms. The SMILES string of the molecule is CCOc1ccc(OCC)c(NC(=O)c2cc(N3CCOCC3)cc[nH+]2)c1. The smallest absolute Gasteiger partial charge is 0.320 e. The van der Waals surface area contributed by atoms with Gasteiger partial charge in [0, 0.05) is 37.0 Å². The maximum Gasteiger partial charge on any atom is 0.320 e. The van der Waals surface area contributed by atoms with Crippen molar-refractivity contribution in [3.63, 3.8) is 0 Å². The Morgan fingerprint density at radius 3 is 2.67 bits per heavy atom. The lowest BCUT2D eigenvalue weighted by molar-refractivity contribution is -0.381. The summed E-state index contributed by atoms with van der Waals surface area (Å²) in [4.78, 5) is 18.0. The van der Waals surface area contributed by atoms with Gasteiger partial charge in [0.15, 0.2) is 6.20 Å². The van der Waals surface area contributed by atoms with E-state index in [2.05, 4.69) is 15.2 Å². The number of morpholine rings is 1. The van der Waals surface area contributed by atoms with Gasteiger partial charge in [-0.25, -0.2) is 4.98 Å². The van der Waals surface area contributed by atoms with Crippen LogP contribution in [0.5, 0.6) is 11.5 Å². The molecule has 7 nitrogen and oxygen atoms in total. The largest absolute Gasteiger partial charge is 0.494 e. The number of pyridine rings is 1. The Kier molecular flexibility index (Phi) is 6.49. The minimum atomic E-state index is -0.236. The predicted molar refractivity (Wildman–Crippen MR) is 103 cm³/mol. The molecule has 0 bridgehead atoms. The first-order valence-corrected chi connectivity index (χ1v) is 9.26. The number of anilines is 2. The van der Waals surface area contributed by atoms with Crippen LogP contribution in [0.4, 0.5) is 11.4 Å². The summed E-state index contributed by atoms with van der Waals surface area (Å²) in [5.41, 5.74) is 2.05. The maximum atomic E-state index is 12.8. The molecule has 1 fully saturated rings. The van der Waals surface area contributed by atoms with Crippen molar-refractivity contribution in [1.82, 2.24) is 0 Å². The number of rotatable bonds is 7. The monoisotopic (exact) mass is 372 g/mol. The molecule has 0 saturated carbocycles. The Morgan fingerprint density at radius 1 is 1.15 bits per heavy atom. The average Bonchev–Trinajstić information content (AvgIpc) is 2.71. The zero-order valence-electron chi connectivity index (χ0n) is 15.8. The molecule has 1 aromatic heterocycles. The van der Waals surface area contributed by atoms with Crippen LogP contribution in [-0.2, 0) is 4.74 Å². The molecular formula is C20H26N3O4+. The molecule has 0 unspecified atom stereocenters. The van der Waals surface area contributed by atoms with Crippen molar-refractivity contribution in [2.45, 2.75) is 13.8 Å². The van der Waals surface area contributed by atoms with Crippen LogP contribution < -0.4 is 24.7 Å². The first-order valence-electron chi connectivity index (χ1n) is 9.26. The third-order valence-corrected chi connectivity index (χ3v) is 4.22. The Morgan fingerprint density at radius 2 is 1.93 bits per heavy atom. The highest BCUT2D eigenvalue weighted by Crippen LogP contribution is 2.30. The summed E-state index contributed by atoms with van der Waals surface area (Å²) in [6, 6.07) is 9.22. The van der Waals surface area contributed by atoms with Gasteiger partial charge in [-0.05, 0) is 26.0 Å². The minimum Gasteiger partial charge on any atom is -0.494 e. The molecule has 0 radical (unpaired) electrons. The normalized spacial score (nSPS) is 13.9. The van der Waals surface area contributed by atoms with Crippen LogP contribution in [0.2, 0.25) is 0 Å². The molecule has 1 aliphatic heterocycles. The predicted octanol–water partition coefficient (Wildman–Crippen LogP) is 2.39. The number of hydrogen-bond acceptors (Lipinski definition) is 5. The van der Waals surface area contributed by atoms with E-state index in [1.165, 1.54) is 0 Å². The molecular weight excluding hydrogens is 346 g/mol. The van der Waals surface area contributed by atoms with E-state index in [1.54, 1.807) is 18.3 Å². The third kappa shape index (κ3) is 4.89. The number of aromatic amines is 1. The molecule has 3 rings (SSSR count). The summed E-state index contributed by atoms with van der Waals surface area (Å²) in [5.74, 6) is 1.06. The zero-order valence-corrected chi connectivity index (χ0v) is 15.8. The molecule has 1 saturated heterocycles. The van der Waals surface area contributed by atoms with Gasteiger partial charge in [-0.2, -0.15) is 0 Å². The molecule has 0 spiro atoms. The number of hydrogen-bond donors (Lipinski definition) is 1. The number of amides is 1. The van der Waals surface area contributed by atoms with E-state index in [0.29, 0.717) is 49.3 Å². The fraction of sp³-hybridized carbons (Fsp3) is 0.400. The van der Waals surface area contributed by atoms with E-state index < -0.39 is 0 Å². The van der Waals surface area contributed by atoms with Gasteiger partial charge in [-0.3, -0.25) is 4.79 Å². The lowest BCUT2D eigenvalue weighted by atomic mass is 10.2. The van der Waals surface area contributed by atoms with Crippen molar-refractivity contribution < 1.29 is 24.0 Å². The number of nitrogens with one attached hydrogen (secondary N) is 2. The molecule has 1 amide bonds. The second-order valence-corrected chi connectivity index (χ2v) is 6.04.